The molecule has 0 aliphatic carbocycles. The minimum Gasteiger partial charge on any atom is -0.497 e. The molecule has 3 rings (SSSR count). The first kappa shape index (κ1) is 22.1. The molecule has 1 N–H and O–H groups in total. The Morgan fingerprint density at radius 2 is 1.48 bits per heavy atom. The standard InChI is InChI=1S/C24H27N3O4/c1-15(2)14-27-24(29)21(23(28)25-3)20(16-6-10-18(30-4)11-7-16)22(26-27)17-8-12-19(31-5)13-9-17/h6-13,15H,14H2,1-5H3,(H,25,28). The Bertz CT molecular complexity index is 1120. The zero-order chi connectivity index (χ0) is 22.5. The average molecular weight is 421 g/mol. The van der Waals surface area contributed by atoms with Crippen molar-refractivity contribution in [2.24, 2.45) is 5.92 Å². The normalized spacial score (nSPS) is 10.8. The summed E-state index contributed by atoms with van der Waals surface area (Å²) in [5, 5.41) is 7.29. The van der Waals surface area contributed by atoms with Crippen LogP contribution in [0.4, 0.5) is 0 Å². The van der Waals surface area contributed by atoms with Gasteiger partial charge in [-0.1, -0.05) is 26.0 Å². The summed E-state index contributed by atoms with van der Waals surface area (Å²) >= 11 is 0. The molecule has 0 fully saturated rings. The second kappa shape index (κ2) is 9.47. The maximum atomic E-state index is 13.3. The van der Waals surface area contributed by atoms with Gasteiger partial charge in [0.15, 0.2) is 0 Å². The lowest BCUT2D eigenvalue weighted by Gasteiger charge is -2.18. The first-order valence-electron chi connectivity index (χ1n) is 10.1. The van der Waals surface area contributed by atoms with Crippen LogP contribution in [0.3, 0.4) is 0 Å². The van der Waals surface area contributed by atoms with Crippen LogP contribution in [0.15, 0.2) is 53.3 Å². The van der Waals surface area contributed by atoms with Crippen LogP contribution in [0.1, 0.15) is 24.2 Å². The van der Waals surface area contributed by atoms with Crippen molar-refractivity contribution < 1.29 is 14.3 Å². The number of hydrogen-bond acceptors (Lipinski definition) is 5. The van der Waals surface area contributed by atoms with Crippen molar-refractivity contribution in [2.45, 2.75) is 20.4 Å². The molecule has 162 valence electrons. The third-order valence-electron chi connectivity index (χ3n) is 4.89. The number of nitrogens with zero attached hydrogens (tertiary/aromatic N) is 2. The van der Waals surface area contributed by atoms with Gasteiger partial charge in [0.05, 0.1) is 19.9 Å². The number of carbonyl (C=O) groups excluding carboxylic acids is 1. The topological polar surface area (TPSA) is 82.4 Å². The van der Waals surface area contributed by atoms with Crippen molar-refractivity contribution in [2.75, 3.05) is 21.3 Å². The first-order valence-corrected chi connectivity index (χ1v) is 10.1. The van der Waals surface area contributed by atoms with Crippen LogP contribution in [-0.4, -0.2) is 37.0 Å². The zero-order valence-corrected chi connectivity index (χ0v) is 18.4. The van der Waals surface area contributed by atoms with Gasteiger partial charge in [-0.05, 0) is 47.9 Å². The van der Waals surface area contributed by atoms with Crippen LogP contribution in [0.25, 0.3) is 22.4 Å². The Labute approximate surface area is 181 Å². The molecule has 0 aliphatic heterocycles. The second-order valence-corrected chi connectivity index (χ2v) is 7.52. The molecule has 0 radical (unpaired) electrons. The van der Waals surface area contributed by atoms with Crippen LogP contribution < -0.4 is 20.3 Å². The Balaban J connectivity index is 2.38. The summed E-state index contributed by atoms with van der Waals surface area (Å²) in [6.45, 7) is 4.39. The molecule has 0 aliphatic rings. The summed E-state index contributed by atoms with van der Waals surface area (Å²) in [4.78, 5) is 26.2. The fraction of sp³-hybridized carbons (Fsp3) is 0.292. The summed E-state index contributed by atoms with van der Waals surface area (Å²) in [5.74, 6) is 1.11. The fourth-order valence-electron chi connectivity index (χ4n) is 3.37. The van der Waals surface area contributed by atoms with E-state index in [0.717, 1.165) is 5.56 Å². The van der Waals surface area contributed by atoms with Crippen molar-refractivity contribution in [3.05, 3.63) is 64.4 Å². The van der Waals surface area contributed by atoms with E-state index >= 15 is 0 Å². The third-order valence-corrected chi connectivity index (χ3v) is 4.89. The molecule has 7 nitrogen and oxygen atoms in total. The van der Waals surface area contributed by atoms with Crippen LogP contribution in [0.2, 0.25) is 0 Å². The predicted molar refractivity (Wildman–Crippen MR) is 121 cm³/mol. The van der Waals surface area contributed by atoms with Crippen molar-refractivity contribution in [1.29, 1.82) is 0 Å². The molecule has 0 spiro atoms. The molecule has 0 unspecified atom stereocenters. The summed E-state index contributed by atoms with van der Waals surface area (Å²) in [6.07, 6.45) is 0. The molecule has 0 bridgehead atoms. The van der Waals surface area contributed by atoms with Gasteiger partial charge in [-0.25, -0.2) is 4.68 Å². The molecular formula is C24H27N3O4. The number of rotatable bonds is 7. The maximum Gasteiger partial charge on any atom is 0.280 e. The number of nitrogens with one attached hydrogen (secondary N) is 1. The number of hydrogen-bond donors (Lipinski definition) is 1. The van der Waals surface area contributed by atoms with Gasteiger partial charge < -0.3 is 14.8 Å². The predicted octanol–water partition coefficient (Wildman–Crippen LogP) is 3.61. The molecule has 0 saturated carbocycles. The van der Waals surface area contributed by atoms with E-state index in [-0.39, 0.29) is 11.5 Å². The van der Waals surface area contributed by atoms with Crippen molar-refractivity contribution in [3.8, 4) is 33.9 Å². The summed E-state index contributed by atoms with van der Waals surface area (Å²) in [7, 11) is 4.70. The smallest absolute Gasteiger partial charge is 0.280 e. The Kier molecular flexibility index (Phi) is 6.74. The lowest BCUT2D eigenvalue weighted by atomic mass is 9.95. The summed E-state index contributed by atoms with van der Waals surface area (Å²) < 4.78 is 11.9. The van der Waals surface area contributed by atoms with E-state index in [4.69, 9.17) is 9.47 Å². The molecule has 1 heterocycles. The Morgan fingerprint density at radius 1 is 0.968 bits per heavy atom. The van der Waals surface area contributed by atoms with E-state index in [1.165, 1.54) is 11.7 Å². The van der Waals surface area contributed by atoms with E-state index in [0.29, 0.717) is 34.9 Å². The van der Waals surface area contributed by atoms with Gasteiger partial charge >= 0.3 is 0 Å². The monoisotopic (exact) mass is 421 g/mol. The van der Waals surface area contributed by atoms with Gasteiger partial charge in [0.25, 0.3) is 11.5 Å². The number of amides is 1. The molecule has 0 saturated heterocycles. The highest BCUT2D eigenvalue weighted by Gasteiger charge is 2.25. The minimum absolute atomic E-state index is 0.0640. The van der Waals surface area contributed by atoms with Gasteiger partial charge in [-0.15, -0.1) is 0 Å². The lowest BCUT2D eigenvalue weighted by molar-refractivity contribution is 0.0961. The third kappa shape index (κ3) is 4.60. The molecule has 7 heteroatoms. The fourth-order valence-corrected chi connectivity index (χ4v) is 3.37. The van der Waals surface area contributed by atoms with Gasteiger partial charge in [-0.3, -0.25) is 9.59 Å². The second-order valence-electron chi connectivity index (χ2n) is 7.52. The SMILES string of the molecule is CNC(=O)c1c(-c2ccc(OC)cc2)c(-c2ccc(OC)cc2)nn(CC(C)C)c1=O. The van der Waals surface area contributed by atoms with E-state index in [1.54, 1.807) is 26.4 Å². The first-order chi connectivity index (χ1) is 14.9. The lowest BCUT2D eigenvalue weighted by Crippen LogP contribution is -2.35. The highest BCUT2D eigenvalue weighted by Crippen LogP contribution is 2.34. The van der Waals surface area contributed by atoms with Crippen LogP contribution in [0, 0.1) is 5.92 Å². The molecule has 1 aromatic heterocycles. The maximum absolute atomic E-state index is 13.3. The van der Waals surface area contributed by atoms with Crippen LogP contribution in [0.5, 0.6) is 11.5 Å². The highest BCUT2D eigenvalue weighted by molar-refractivity contribution is 6.03. The number of methoxy groups -OCH3 is 2. The molecule has 1 amide bonds. The van der Waals surface area contributed by atoms with Crippen molar-refractivity contribution in [3.63, 3.8) is 0 Å². The number of aromatic nitrogens is 2. The molecule has 31 heavy (non-hydrogen) atoms. The van der Waals surface area contributed by atoms with E-state index in [1.807, 2.05) is 50.2 Å². The zero-order valence-electron chi connectivity index (χ0n) is 18.4. The van der Waals surface area contributed by atoms with Crippen LogP contribution >= 0.6 is 0 Å². The van der Waals surface area contributed by atoms with Crippen molar-refractivity contribution >= 4 is 5.91 Å². The van der Waals surface area contributed by atoms with Crippen LogP contribution in [-0.2, 0) is 6.54 Å². The quantitative estimate of drug-likeness (QED) is 0.630. The van der Waals surface area contributed by atoms with Crippen molar-refractivity contribution in [1.82, 2.24) is 15.1 Å². The van der Waals surface area contributed by atoms with Gasteiger partial charge in [-0.2, -0.15) is 5.10 Å². The van der Waals surface area contributed by atoms with E-state index in [9.17, 15) is 9.59 Å². The number of benzene rings is 2. The number of ether oxygens (including phenoxy) is 2. The van der Waals surface area contributed by atoms with Gasteiger partial charge in [0.1, 0.15) is 17.1 Å². The largest absolute Gasteiger partial charge is 0.497 e. The van der Waals surface area contributed by atoms with Gasteiger partial charge in [0.2, 0.25) is 0 Å². The summed E-state index contributed by atoms with van der Waals surface area (Å²) in [5.41, 5.74) is 2.15. The number of carbonyl (C=O) groups is 1. The molecular weight excluding hydrogens is 394 g/mol. The average Bonchev–Trinajstić information content (AvgIpc) is 2.79. The Hall–Kier alpha value is -3.61. The minimum atomic E-state index is -0.453. The van der Waals surface area contributed by atoms with Gasteiger partial charge in [0, 0.05) is 24.7 Å². The molecule has 0 atom stereocenters. The van der Waals surface area contributed by atoms with E-state index < -0.39 is 11.5 Å². The molecule has 3 aromatic rings. The molecule has 2 aromatic carbocycles. The Morgan fingerprint density at radius 3 is 1.94 bits per heavy atom. The summed E-state index contributed by atoms with van der Waals surface area (Å²) in [6, 6.07) is 14.6. The highest BCUT2D eigenvalue weighted by atomic mass is 16.5. The van der Waals surface area contributed by atoms with E-state index in [2.05, 4.69) is 10.4 Å².